The number of nitrogens with one attached hydrogen (secondary N) is 2. The van der Waals surface area contributed by atoms with Crippen LogP contribution in [0.15, 0.2) is 24.3 Å². The molecule has 7 nitrogen and oxygen atoms in total. The fraction of sp³-hybridized carbons (Fsp3) is 0.471. The summed E-state index contributed by atoms with van der Waals surface area (Å²) in [6, 6.07) is 7.75. The molecular weight excluding hydrogens is 306 g/mol. The van der Waals surface area contributed by atoms with Crippen molar-refractivity contribution >= 4 is 11.6 Å². The largest absolute Gasteiger partial charge is 0.477 e. The van der Waals surface area contributed by atoms with Gasteiger partial charge in [0.05, 0.1) is 18.8 Å². The third-order valence-corrected chi connectivity index (χ3v) is 3.94. The first-order valence-corrected chi connectivity index (χ1v) is 8.39. The number of para-hydroxylation sites is 2. The Balaban J connectivity index is 1.79. The third kappa shape index (κ3) is 3.50. The van der Waals surface area contributed by atoms with Gasteiger partial charge in [0.1, 0.15) is 11.6 Å². The second kappa shape index (κ2) is 7.33. The molecule has 1 aromatic carbocycles. The van der Waals surface area contributed by atoms with Crippen LogP contribution in [-0.4, -0.2) is 40.3 Å². The molecule has 0 bridgehead atoms. The molecule has 0 saturated carbocycles. The molecule has 3 rings (SSSR count). The number of aryl methyl sites for hydroxylation is 1. The summed E-state index contributed by atoms with van der Waals surface area (Å²) in [5.74, 6) is 2.22. The van der Waals surface area contributed by atoms with E-state index in [2.05, 4.69) is 25.4 Å². The second-order valence-electron chi connectivity index (χ2n) is 5.80. The monoisotopic (exact) mass is 329 g/mol. The summed E-state index contributed by atoms with van der Waals surface area (Å²) in [5.41, 5.74) is 0.964. The van der Waals surface area contributed by atoms with Crippen molar-refractivity contribution in [3.05, 3.63) is 35.9 Å². The average Bonchev–Trinajstić information content (AvgIpc) is 3.07. The molecule has 1 aliphatic heterocycles. The van der Waals surface area contributed by atoms with E-state index >= 15 is 0 Å². The van der Waals surface area contributed by atoms with E-state index in [4.69, 9.17) is 4.74 Å². The summed E-state index contributed by atoms with van der Waals surface area (Å²) in [4.78, 5) is 18.9. The summed E-state index contributed by atoms with van der Waals surface area (Å²) >= 11 is 0. The van der Waals surface area contributed by atoms with Crippen LogP contribution in [0.5, 0.6) is 5.75 Å². The van der Waals surface area contributed by atoms with Gasteiger partial charge in [-0.05, 0) is 18.6 Å². The van der Waals surface area contributed by atoms with Crippen molar-refractivity contribution in [2.24, 2.45) is 0 Å². The Hall–Kier alpha value is -2.57. The Morgan fingerprint density at radius 3 is 3.00 bits per heavy atom. The van der Waals surface area contributed by atoms with Crippen LogP contribution in [0.1, 0.15) is 31.9 Å². The maximum atomic E-state index is 12.3. The Labute approximate surface area is 141 Å². The summed E-state index contributed by atoms with van der Waals surface area (Å²) in [6.07, 6.45) is 1.16. The summed E-state index contributed by atoms with van der Waals surface area (Å²) < 4.78 is 5.89. The number of carbonyl (C=O) groups excluding carboxylic acids is 1. The molecule has 0 unspecified atom stereocenters. The minimum absolute atomic E-state index is 0.0804. The van der Waals surface area contributed by atoms with E-state index in [-0.39, 0.29) is 5.91 Å². The Kier molecular flexibility index (Phi) is 4.98. The smallest absolute Gasteiger partial charge is 0.262 e. The maximum absolute atomic E-state index is 12.3. The molecule has 128 valence electrons. The van der Waals surface area contributed by atoms with Gasteiger partial charge < -0.3 is 15.0 Å². The summed E-state index contributed by atoms with van der Waals surface area (Å²) in [6.45, 7) is 5.74. The molecule has 24 heavy (non-hydrogen) atoms. The minimum Gasteiger partial charge on any atom is -0.477 e. The Bertz CT molecular complexity index is 700. The summed E-state index contributed by atoms with van der Waals surface area (Å²) in [7, 11) is 0. The standard InChI is InChI=1S/C17H23N5O2/c1-3-9-18-17(23)14-10-22(11-16-19-15(4-2)20-21-16)12-7-5-6-8-13(12)24-14/h5-8,14H,3-4,9-11H2,1-2H3,(H,18,23)(H,19,20,21)/t14-/m1/s1. The topological polar surface area (TPSA) is 83.1 Å². The number of anilines is 1. The van der Waals surface area contributed by atoms with Crippen molar-refractivity contribution in [3.8, 4) is 5.75 Å². The van der Waals surface area contributed by atoms with Gasteiger partial charge in [-0.25, -0.2) is 4.98 Å². The van der Waals surface area contributed by atoms with Gasteiger partial charge in [-0.2, -0.15) is 5.10 Å². The maximum Gasteiger partial charge on any atom is 0.262 e. The lowest BCUT2D eigenvalue weighted by Gasteiger charge is -2.35. The second-order valence-corrected chi connectivity index (χ2v) is 5.80. The zero-order valence-electron chi connectivity index (χ0n) is 14.1. The molecule has 1 atom stereocenters. The number of amides is 1. The molecule has 0 spiro atoms. The van der Waals surface area contributed by atoms with Crippen LogP contribution in [-0.2, 0) is 17.8 Å². The van der Waals surface area contributed by atoms with Crippen LogP contribution in [0, 0.1) is 0 Å². The highest BCUT2D eigenvalue weighted by molar-refractivity contribution is 5.83. The molecule has 7 heteroatoms. The number of ether oxygens (including phenoxy) is 1. The highest BCUT2D eigenvalue weighted by atomic mass is 16.5. The fourth-order valence-corrected chi connectivity index (χ4v) is 2.70. The van der Waals surface area contributed by atoms with Crippen LogP contribution >= 0.6 is 0 Å². The molecule has 1 aromatic heterocycles. The van der Waals surface area contributed by atoms with E-state index in [1.54, 1.807) is 0 Å². The van der Waals surface area contributed by atoms with E-state index in [1.165, 1.54) is 0 Å². The van der Waals surface area contributed by atoms with Crippen LogP contribution in [0.2, 0.25) is 0 Å². The molecule has 1 amide bonds. The lowest BCUT2D eigenvalue weighted by Crippen LogP contribution is -2.49. The number of hydrogen-bond donors (Lipinski definition) is 2. The number of hydrogen-bond acceptors (Lipinski definition) is 5. The van der Waals surface area contributed by atoms with Crippen molar-refractivity contribution in [1.82, 2.24) is 20.5 Å². The number of benzene rings is 1. The molecule has 0 radical (unpaired) electrons. The van der Waals surface area contributed by atoms with E-state index in [1.807, 2.05) is 38.1 Å². The van der Waals surface area contributed by atoms with Gasteiger partial charge in [-0.3, -0.25) is 9.89 Å². The highest BCUT2D eigenvalue weighted by Gasteiger charge is 2.30. The molecule has 1 aliphatic rings. The first kappa shape index (κ1) is 16.3. The first-order chi connectivity index (χ1) is 11.7. The lowest BCUT2D eigenvalue weighted by molar-refractivity contribution is -0.127. The number of H-pyrrole nitrogens is 1. The van der Waals surface area contributed by atoms with Crippen LogP contribution in [0.3, 0.4) is 0 Å². The average molecular weight is 329 g/mol. The van der Waals surface area contributed by atoms with Crippen molar-refractivity contribution in [2.75, 3.05) is 18.0 Å². The van der Waals surface area contributed by atoms with Crippen LogP contribution in [0.4, 0.5) is 5.69 Å². The number of fused-ring (bicyclic) bond motifs is 1. The van der Waals surface area contributed by atoms with Gasteiger partial charge in [0, 0.05) is 13.0 Å². The van der Waals surface area contributed by atoms with Gasteiger partial charge in [-0.1, -0.05) is 26.0 Å². The number of rotatable bonds is 6. The van der Waals surface area contributed by atoms with Gasteiger partial charge in [0.25, 0.3) is 5.91 Å². The molecule has 0 fully saturated rings. The van der Waals surface area contributed by atoms with Crippen LogP contribution < -0.4 is 15.0 Å². The van der Waals surface area contributed by atoms with Crippen molar-refractivity contribution in [3.63, 3.8) is 0 Å². The van der Waals surface area contributed by atoms with E-state index < -0.39 is 6.10 Å². The third-order valence-electron chi connectivity index (χ3n) is 3.94. The zero-order chi connectivity index (χ0) is 16.9. The number of aromatic nitrogens is 3. The highest BCUT2D eigenvalue weighted by Crippen LogP contribution is 2.33. The normalized spacial score (nSPS) is 16.4. The van der Waals surface area contributed by atoms with Gasteiger partial charge in [0.15, 0.2) is 11.9 Å². The van der Waals surface area contributed by atoms with Gasteiger partial charge in [-0.15, -0.1) is 0 Å². The molecular formula is C17H23N5O2. The SMILES string of the molecule is CCCNC(=O)[C@H]1CN(Cc2nc(CC)n[nH]2)c2ccccc2O1. The fourth-order valence-electron chi connectivity index (χ4n) is 2.70. The zero-order valence-corrected chi connectivity index (χ0v) is 14.1. The number of nitrogens with zero attached hydrogens (tertiary/aromatic N) is 3. The van der Waals surface area contributed by atoms with E-state index in [9.17, 15) is 4.79 Å². The quantitative estimate of drug-likeness (QED) is 0.842. The predicted molar refractivity (Wildman–Crippen MR) is 91.0 cm³/mol. The Morgan fingerprint density at radius 1 is 1.42 bits per heavy atom. The number of carbonyl (C=O) groups is 1. The lowest BCUT2D eigenvalue weighted by atomic mass is 10.1. The van der Waals surface area contributed by atoms with Gasteiger partial charge in [0.2, 0.25) is 0 Å². The van der Waals surface area contributed by atoms with Crippen molar-refractivity contribution in [1.29, 1.82) is 0 Å². The molecule has 0 saturated heterocycles. The van der Waals surface area contributed by atoms with E-state index in [0.717, 1.165) is 35.9 Å². The molecule has 2 heterocycles. The van der Waals surface area contributed by atoms with E-state index in [0.29, 0.717) is 19.6 Å². The Morgan fingerprint density at radius 2 is 2.25 bits per heavy atom. The van der Waals surface area contributed by atoms with Crippen LogP contribution in [0.25, 0.3) is 0 Å². The number of aromatic amines is 1. The summed E-state index contributed by atoms with van der Waals surface area (Å²) in [5, 5.41) is 10.1. The van der Waals surface area contributed by atoms with Crippen molar-refractivity contribution < 1.29 is 9.53 Å². The van der Waals surface area contributed by atoms with Crippen molar-refractivity contribution in [2.45, 2.75) is 39.3 Å². The predicted octanol–water partition coefficient (Wildman–Crippen LogP) is 1.66. The minimum atomic E-state index is -0.528. The first-order valence-electron chi connectivity index (χ1n) is 8.39. The molecule has 2 N–H and O–H groups in total. The molecule has 2 aromatic rings. The van der Waals surface area contributed by atoms with Gasteiger partial charge >= 0.3 is 0 Å². The molecule has 0 aliphatic carbocycles.